The molecule has 4 nitrogen and oxygen atoms in total. The predicted octanol–water partition coefficient (Wildman–Crippen LogP) is 2.16. The van der Waals surface area contributed by atoms with E-state index in [-0.39, 0.29) is 11.3 Å². The smallest absolute Gasteiger partial charge is 0.498 e. The second kappa shape index (κ2) is 4.51. The van der Waals surface area contributed by atoms with E-state index in [0.29, 0.717) is 16.8 Å². The Kier molecular flexibility index (Phi) is 3.41. The molecule has 1 aromatic rings. The Balaban J connectivity index is 2.45. The summed E-state index contributed by atoms with van der Waals surface area (Å²) in [6.45, 7) is 7.65. The molecular formula is C13H16BClO4. The summed E-state index contributed by atoms with van der Waals surface area (Å²) in [5, 5.41) is 10.4. The number of rotatable bonds is 2. The van der Waals surface area contributed by atoms with Crippen LogP contribution in [0.1, 0.15) is 38.1 Å². The number of phenolic OH excluding ortho intramolecular Hbond substituents is 1. The monoisotopic (exact) mass is 282 g/mol. The maximum atomic E-state index is 10.9. The number of hydrogen-bond donors (Lipinski definition) is 1. The van der Waals surface area contributed by atoms with E-state index in [1.54, 1.807) is 6.07 Å². The molecule has 102 valence electrons. The second-order valence-corrected chi connectivity index (χ2v) is 6.08. The highest BCUT2D eigenvalue weighted by Crippen LogP contribution is 2.37. The minimum absolute atomic E-state index is 0.122. The predicted molar refractivity (Wildman–Crippen MR) is 74.2 cm³/mol. The van der Waals surface area contributed by atoms with Gasteiger partial charge in [-0.3, -0.25) is 4.79 Å². The van der Waals surface area contributed by atoms with Gasteiger partial charge in [-0.05, 0) is 39.8 Å². The second-order valence-electron chi connectivity index (χ2n) is 5.64. The zero-order chi connectivity index (χ0) is 14.4. The molecule has 0 spiro atoms. The molecule has 2 rings (SSSR count). The van der Waals surface area contributed by atoms with Crippen molar-refractivity contribution in [2.24, 2.45) is 0 Å². The summed E-state index contributed by atoms with van der Waals surface area (Å²) < 4.78 is 11.7. The minimum atomic E-state index is -0.748. The van der Waals surface area contributed by atoms with E-state index in [0.717, 1.165) is 0 Å². The molecule has 0 aromatic heterocycles. The Morgan fingerprint density at radius 2 is 1.74 bits per heavy atom. The maximum absolute atomic E-state index is 10.9. The molecule has 0 unspecified atom stereocenters. The summed E-state index contributed by atoms with van der Waals surface area (Å²) >= 11 is 5.94. The van der Waals surface area contributed by atoms with Gasteiger partial charge in [0.05, 0.1) is 16.8 Å². The zero-order valence-electron chi connectivity index (χ0n) is 11.4. The molecule has 0 radical (unpaired) electrons. The number of hydrogen-bond acceptors (Lipinski definition) is 4. The number of aromatic hydroxyl groups is 1. The minimum Gasteiger partial charge on any atom is -0.508 e. The number of phenols is 1. The summed E-state index contributed by atoms with van der Waals surface area (Å²) in [6.07, 6.45) is 0.552. The van der Waals surface area contributed by atoms with Gasteiger partial charge in [0, 0.05) is 10.5 Å². The van der Waals surface area contributed by atoms with Gasteiger partial charge in [-0.2, -0.15) is 0 Å². The number of aldehydes is 1. The molecule has 1 aliphatic heterocycles. The fourth-order valence-electron chi connectivity index (χ4n) is 1.88. The van der Waals surface area contributed by atoms with Crippen molar-refractivity contribution in [3.05, 3.63) is 22.7 Å². The SMILES string of the molecule is CC1(C)OB(c2cc(Cl)cc(C=O)c2O)OC1(C)C. The zero-order valence-corrected chi connectivity index (χ0v) is 12.1. The molecule has 0 atom stereocenters. The van der Waals surface area contributed by atoms with Crippen LogP contribution in [0.15, 0.2) is 12.1 Å². The number of benzene rings is 1. The van der Waals surface area contributed by atoms with E-state index >= 15 is 0 Å². The van der Waals surface area contributed by atoms with Crippen molar-refractivity contribution >= 4 is 30.5 Å². The highest BCUT2D eigenvalue weighted by Gasteiger charge is 2.52. The molecule has 1 fully saturated rings. The lowest BCUT2D eigenvalue weighted by Gasteiger charge is -2.32. The number of halogens is 1. The molecule has 19 heavy (non-hydrogen) atoms. The molecule has 1 heterocycles. The summed E-state index contributed by atoms with van der Waals surface area (Å²) in [6, 6.07) is 2.95. The first-order chi connectivity index (χ1) is 8.68. The highest BCUT2D eigenvalue weighted by molar-refractivity contribution is 6.63. The van der Waals surface area contributed by atoms with Gasteiger partial charge in [-0.15, -0.1) is 0 Å². The van der Waals surface area contributed by atoms with Gasteiger partial charge in [0.25, 0.3) is 0 Å². The van der Waals surface area contributed by atoms with Gasteiger partial charge in [0.1, 0.15) is 5.75 Å². The van der Waals surface area contributed by atoms with Crippen molar-refractivity contribution in [3.8, 4) is 5.75 Å². The summed E-state index contributed by atoms with van der Waals surface area (Å²) in [4.78, 5) is 10.9. The van der Waals surface area contributed by atoms with Gasteiger partial charge in [-0.25, -0.2) is 0 Å². The van der Waals surface area contributed by atoms with E-state index in [2.05, 4.69) is 0 Å². The van der Waals surface area contributed by atoms with E-state index in [4.69, 9.17) is 20.9 Å². The van der Waals surface area contributed by atoms with Crippen LogP contribution in [0.4, 0.5) is 0 Å². The topological polar surface area (TPSA) is 55.8 Å². The van der Waals surface area contributed by atoms with Crippen LogP contribution in [0.3, 0.4) is 0 Å². The standard InChI is InChI=1S/C13H16BClO4/c1-12(2)13(3,4)19-14(18-12)10-6-9(15)5-8(7-16)11(10)17/h5-7,17H,1-4H3. The van der Waals surface area contributed by atoms with Crippen molar-refractivity contribution < 1.29 is 19.2 Å². The van der Waals surface area contributed by atoms with Gasteiger partial charge < -0.3 is 14.4 Å². The maximum Gasteiger partial charge on any atom is 0.498 e. The van der Waals surface area contributed by atoms with Crippen LogP contribution >= 0.6 is 11.6 Å². The van der Waals surface area contributed by atoms with Crippen LogP contribution < -0.4 is 5.46 Å². The summed E-state index contributed by atoms with van der Waals surface area (Å²) in [7, 11) is -0.748. The highest BCUT2D eigenvalue weighted by atomic mass is 35.5. The van der Waals surface area contributed by atoms with Crippen LogP contribution in [0.25, 0.3) is 0 Å². The molecular weight excluding hydrogens is 266 g/mol. The third kappa shape index (κ3) is 2.38. The molecule has 1 N–H and O–H groups in total. The molecule has 1 saturated heterocycles. The number of carbonyl (C=O) groups is 1. The average molecular weight is 283 g/mol. The molecule has 1 aromatic carbocycles. The van der Waals surface area contributed by atoms with E-state index < -0.39 is 18.3 Å². The van der Waals surface area contributed by atoms with Crippen molar-refractivity contribution in [1.29, 1.82) is 0 Å². The largest absolute Gasteiger partial charge is 0.508 e. The van der Waals surface area contributed by atoms with Gasteiger partial charge in [0.2, 0.25) is 0 Å². The molecule has 0 aliphatic carbocycles. The van der Waals surface area contributed by atoms with Gasteiger partial charge >= 0.3 is 7.12 Å². The first-order valence-corrected chi connectivity index (χ1v) is 6.39. The van der Waals surface area contributed by atoms with Crippen LogP contribution in [0.5, 0.6) is 5.75 Å². The third-order valence-electron chi connectivity index (χ3n) is 3.77. The quantitative estimate of drug-likeness (QED) is 0.667. The molecule has 1 aliphatic rings. The third-order valence-corrected chi connectivity index (χ3v) is 3.99. The number of carbonyl (C=O) groups excluding carboxylic acids is 1. The Morgan fingerprint density at radius 1 is 1.21 bits per heavy atom. The lowest BCUT2D eigenvalue weighted by atomic mass is 9.77. The first-order valence-electron chi connectivity index (χ1n) is 6.01. The van der Waals surface area contributed by atoms with Crippen molar-refractivity contribution in [1.82, 2.24) is 0 Å². The first kappa shape index (κ1) is 14.4. The van der Waals surface area contributed by atoms with Crippen molar-refractivity contribution in [2.75, 3.05) is 0 Å². The lowest BCUT2D eigenvalue weighted by molar-refractivity contribution is 0.00578. The lowest BCUT2D eigenvalue weighted by Crippen LogP contribution is -2.41. The summed E-state index contributed by atoms with van der Waals surface area (Å²) in [5.41, 5.74) is -0.549. The van der Waals surface area contributed by atoms with Crippen LogP contribution in [0.2, 0.25) is 5.02 Å². The van der Waals surface area contributed by atoms with E-state index in [1.807, 2.05) is 27.7 Å². The van der Waals surface area contributed by atoms with Gasteiger partial charge in [-0.1, -0.05) is 11.6 Å². The van der Waals surface area contributed by atoms with E-state index in [9.17, 15) is 9.90 Å². The molecule has 0 saturated carbocycles. The average Bonchev–Trinajstić information content (AvgIpc) is 2.50. The fourth-order valence-corrected chi connectivity index (χ4v) is 2.12. The Bertz CT molecular complexity index is 512. The van der Waals surface area contributed by atoms with Crippen molar-refractivity contribution in [3.63, 3.8) is 0 Å². The summed E-state index contributed by atoms with van der Waals surface area (Å²) in [5.74, 6) is -0.155. The van der Waals surface area contributed by atoms with Gasteiger partial charge in [0.15, 0.2) is 6.29 Å². The normalized spacial score (nSPS) is 20.6. The van der Waals surface area contributed by atoms with Crippen LogP contribution in [-0.2, 0) is 9.31 Å². The Hall–Kier alpha value is -1.04. The molecule has 0 bridgehead atoms. The fraction of sp³-hybridized carbons (Fsp3) is 0.462. The Labute approximate surface area is 117 Å². The van der Waals surface area contributed by atoms with E-state index in [1.165, 1.54) is 6.07 Å². The van der Waals surface area contributed by atoms with Crippen LogP contribution in [0, 0.1) is 0 Å². The van der Waals surface area contributed by atoms with Crippen molar-refractivity contribution in [2.45, 2.75) is 38.9 Å². The Morgan fingerprint density at radius 3 is 2.21 bits per heavy atom. The van der Waals surface area contributed by atoms with Crippen LogP contribution in [-0.4, -0.2) is 29.7 Å². The molecule has 0 amide bonds. The molecule has 6 heteroatoms.